The molecule has 0 spiro atoms. The van der Waals surface area contributed by atoms with Crippen LogP contribution < -0.4 is 15.4 Å². The summed E-state index contributed by atoms with van der Waals surface area (Å²) >= 11 is 0. The van der Waals surface area contributed by atoms with Crippen molar-refractivity contribution in [1.29, 1.82) is 0 Å². The van der Waals surface area contributed by atoms with Crippen molar-refractivity contribution in [1.82, 2.24) is 30.4 Å². The fraction of sp³-hybridized carbons (Fsp3) is 0.354. The number of rotatable bonds is 17. The molecular weight excluding hydrogens is 757 g/mol. The Hall–Kier alpha value is -6.27. The molecule has 1 unspecified atom stereocenters. The van der Waals surface area contributed by atoms with Crippen LogP contribution in [0.15, 0.2) is 121 Å². The lowest BCUT2D eigenvalue weighted by molar-refractivity contribution is -0.130. The molecule has 1 aliphatic heterocycles. The Bertz CT molecular complexity index is 2200. The van der Waals surface area contributed by atoms with E-state index < -0.39 is 47.6 Å². The summed E-state index contributed by atoms with van der Waals surface area (Å²) in [6.07, 6.45) is -1.68. The molecule has 0 saturated carbocycles. The Morgan fingerprint density at radius 1 is 0.800 bits per heavy atom. The largest absolute Gasteiger partial charge is 0.481 e. The van der Waals surface area contributed by atoms with Crippen molar-refractivity contribution in [3.63, 3.8) is 0 Å². The second-order valence-electron chi connectivity index (χ2n) is 16.6. The summed E-state index contributed by atoms with van der Waals surface area (Å²) in [5.74, 6) is -0.321. The van der Waals surface area contributed by atoms with E-state index in [4.69, 9.17) is 4.74 Å². The number of aliphatic hydroxyl groups is 1. The number of ether oxygens (including phenoxy) is 1. The second-order valence-corrected chi connectivity index (χ2v) is 16.6. The highest BCUT2D eigenvalue weighted by Crippen LogP contribution is 2.32. The molecule has 60 heavy (non-hydrogen) atoms. The molecule has 0 aliphatic carbocycles. The van der Waals surface area contributed by atoms with Crippen molar-refractivity contribution < 1.29 is 29.3 Å². The number of hydrogen-bond acceptors (Lipinski definition) is 7. The molecule has 5 atom stereocenters. The fourth-order valence-electron chi connectivity index (χ4n) is 8.19. The number of hydrogen-bond donors (Lipinski definition) is 4. The molecule has 3 heterocycles. The summed E-state index contributed by atoms with van der Waals surface area (Å²) in [4.78, 5) is 53.7. The van der Waals surface area contributed by atoms with E-state index in [0.717, 1.165) is 39.3 Å². The first-order valence-electron chi connectivity index (χ1n) is 20.4. The average molecular weight is 813 g/mol. The molecule has 12 nitrogen and oxygen atoms in total. The quantitative estimate of drug-likeness (QED) is 0.0765. The van der Waals surface area contributed by atoms with Crippen molar-refractivity contribution in [3.8, 4) is 17.1 Å². The number of nitrogens with zero attached hydrogens (tertiary/aromatic N) is 4. The molecule has 0 radical (unpaired) electrons. The molecule has 1 aliphatic rings. The molecule has 12 heteroatoms. The van der Waals surface area contributed by atoms with Gasteiger partial charge >= 0.3 is 12.1 Å². The zero-order valence-corrected chi connectivity index (χ0v) is 35.0. The molecule has 5 aromatic rings. The normalized spacial score (nSPS) is 15.5. The maximum absolute atomic E-state index is 14.9. The number of carbonyl (C=O) groups is 3. The third kappa shape index (κ3) is 11.3. The molecule has 2 aromatic heterocycles. The van der Waals surface area contributed by atoms with Crippen molar-refractivity contribution in [2.24, 2.45) is 5.41 Å². The van der Waals surface area contributed by atoms with Gasteiger partial charge < -0.3 is 35.4 Å². The number of pyridine rings is 2. The first kappa shape index (κ1) is 43.3. The number of urea groups is 1. The van der Waals surface area contributed by atoms with Crippen LogP contribution in [0, 0.1) is 12.3 Å². The van der Waals surface area contributed by atoms with Crippen molar-refractivity contribution >= 4 is 18.0 Å². The summed E-state index contributed by atoms with van der Waals surface area (Å²) < 4.78 is 5.29. The maximum atomic E-state index is 14.9. The first-order valence-corrected chi connectivity index (χ1v) is 20.4. The number of nitrogens with one attached hydrogen (secondary N) is 2. The Morgan fingerprint density at radius 3 is 2.12 bits per heavy atom. The van der Waals surface area contributed by atoms with Crippen LogP contribution in [-0.4, -0.2) is 92.4 Å². The minimum Gasteiger partial charge on any atom is -0.481 e. The van der Waals surface area contributed by atoms with E-state index in [1.54, 1.807) is 23.0 Å². The standard InChI is InChI=1S/C48H56N6O6/c1-32-14-12-19-37(49-32)31-53-26-27-54(47(53)59)44(48(2,3)4)45(56)52-43(39(35-17-10-7-11-18-35)29-33-15-8-6-9-16-33)41(55)30-38(50-46(57)58)28-34-22-24-36(25-23-34)40-20-13-21-42(51-40)60-5/h6-25,38-39,41,43-44,50,55H,26-31H2,1-5H3,(H,52,56)(H,57,58)/t38-,39?,41-,43-,44+/m0/s1. The zero-order valence-electron chi connectivity index (χ0n) is 35.0. The topological polar surface area (TPSA) is 157 Å². The molecular formula is C48H56N6O6. The lowest BCUT2D eigenvalue weighted by atomic mass is 9.80. The molecule has 4 amide bonds. The lowest BCUT2D eigenvalue weighted by Gasteiger charge is -2.40. The van der Waals surface area contributed by atoms with Crippen molar-refractivity contribution in [2.45, 2.75) is 83.6 Å². The number of methoxy groups -OCH3 is 1. The van der Waals surface area contributed by atoms with Gasteiger partial charge in [0.05, 0.1) is 37.2 Å². The predicted molar refractivity (Wildman–Crippen MR) is 231 cm³/mol. The van der Waals surface area contributed by atoms with E-state index in [-0.39, 0.29) is 18.9 Å². The van der Waals surface area contributed by atoms with Crippen molar-refractivity contribution in [3.05, 3.63) is 149 Å². The van der Waals surface area contributed by atoms with Gasteiger partial charge in [0.25, 0.3) is 0 Å². The Labute approximate surface area is 352 Å². The number of aliphatic hydroxyl groups excluding tert-OH is 1. The van der Waals surface area contributed by atoms with E-state index >= 15 is 0 Å². The molecule has 6 rings (SSSR count). The third-order valence-corrected chi connectivity index (χ3v) is 11.0. The number of benzene rings is 3. The van der Waals surface area contributed by atoms with Gasteiger partial charge in [-0.15, -0.1) is 0 Å². The van der Waals surface area contributed by atoms with Gasteiger partial charge in [-0.2, -0.15) is 0 Å². The monoisotopic (exact) mass is 812 g/mol. The van der Waals surface area contributed by atoms with Crippen LogP contribution in [-0.2, 0) is 24.2 Å². The third-order valence-electron chi connectivity index (χ3n) is 11.0. The summed E-state index contributed by atoms with van der Waals surface area (Å²) in [6, 6.07) is 35.8. The smallest absolute Gasteiger partial charge is 0.404 e. The Morgan fingerprint density at radius 2 is 1.47 bits per heavy atom. The van der Waals surface area contributed by atoms with Gasteiger partial charge in [-0.05, 0) is 66.5 Å². The SMILES string of the molecule is COc1cccc(-c2ccc(C[C@@H](C[C@H](O)[C@@H](NC(=O)[C@@H](N3CCN(Cc4cccc(C)n4)C3=O)C(C)(C)C)C(Cc3ccccc3)c3ccccc3)NC(=O)O)cc2)n1. The molecule has 4 N–H and O–H groups in total. The molecule has 3 aromatic carbocycles. The highest BCUT2D eigenvalue weighted by molar-refractivity contribution is 5.89. The van der Waals surface area contributed by atoms with Gasteiger partial charge in [0.2, 0.25) is 11.8 Å². The van der Waals surface area contributed by atoms with Crippen LogP contribution in [0.1, 0.15) is 61.2 Å². The van der Waals surface area contributed by atoms with Crippen LogP contribution in [0.4, 0.5) is 9.59 Å². The predicted octanol–water partition coefficient (Wildman–Crippen LogP) is 7.25. The van der Waals surface area contributed by atoms with Crippen LogP contribution in [0.2, 0.25) is 0 Å². The highest BCUT2D eigenvalue weighted by atomic mass is 16.5. The van der Waals surface area contributed by atoms with Gasteiger partial charge in [0, 0.05) is 42.4 Å². The van der Waals surface area contributed by atoms with E-state index in [1.807, 2.05) is 143 Å². The summed E-state index contributed by atoms with van der Waals surface area (Å²) in [6.45, 7) is 8.80. The van der Waals surface area contributed by atoms with E-state index in [1.165, 1.54) is 0 Å². The summed E-state index contributed by atoms with van der Waals surface area (Å²) in [5, 5.41) is 28.3. The van der Waals surface area contributed by atoms with Gasteiger partial charge in [-0.3, -0.25) is 9.78 Å². The van der Waals surface area contributed by atoms with Gasteiger partial charge in [0.15, 0.2) is 0 Å². The number of carboxylic acid groups (broad SMARTS) is 1. The Balaban J connectivity index is 1.30. The van der Waals surface area contributed by atoms with Gasteiger partial charge in [-0.25, -0.2) is 14.6 Å². The maximum Gasteiger partial charge on any atom is 0.404 e. The number of carbonyl (C=O) groups excluding carboxylic acids is 2. The lowest BCUT2D eigenvalue weighted by Crippen LogP contribution is -2.59. The van der Waals surface area contributed by atoms with E-state index in [9.17, 15) is 24.6 Å². The molecule has 1 fully saturated rings. The first-order chi connectivity index (χ1) is 28.8. The Kier molecular flexibility index (Phi) is 14.2. The van der Waals surface area contributed by atoms with E-state index in [0.29, 0.717) is 31.9 Å². The zero-order chi connectivity index (χ0) is 42.8. The summed E-state index contributed by atoms with van der Waals surface area (Å²) in [5.41, 5.74) is 5.30. The highest BCUT2D eigenvalue weighted by Gasteiger charge is 2.45. The van der Waals surface area contributed by atoms with Gasteiger partial charge in [0.1, 0.15) is 6.04 Å². The number of amides is 4. The van der Waals surface area contributed by atoms with Crippen LogP contribution in [0.3, 0.4) is 0 Å². The number of aromatic nitrogens is 2. The van der Waals surface area contributed by atoms with Gasteiger partial charge in [-0.1, -0.05) is 118 Å². The van der Waals surface area contributed by atoms with Crippen LogP contribution >= 0.6 is 0 Å². The molecule has 1 saturated heterocycles. The minimum absolute atomic E-state index is 0.00530. The van der Waals surface area contributed by atoms with Crippen LogP contribution in [0.5, 0.6) is 5.88 Å². The van der Waals surface area contributed by atoms with Crippen LogP contribution in [0.25, 0.3) is 11.3 Å². The average Bonchev–Trinajstić information content (AvgIpc) is 3.57. The number of aryl methyl sites for hydroxylation is 1. The minimum atomic E-state index is -1.22. The van der Waals surface area contributed by atoms with E-state index in [2.05, 4.69) is 20.6 Å². The molecule has 0 bridgehead atoms. The summed E-state index contributed by atoms with van der Waals surface area (Å²) in [7, 11) is 1.57. The fourth-order valence-corrected chi connectivity index (χ4v) is 8.19. The molecule has 314 valence electrons. The second kappa shape index (κ2) is 19.7. The van der Waals surface area contributed by atoms with Crippen molar-refractivity contribution in [2.75, 3.05) is 20.2 Å².